The smallest absolute Gasteiger partial charge is 0.251 e. The number of amides is 2. The van der Waals surface area contributed by atoms with Crippen molar-refractivity contribution in [2.45, 2.75) is 77.5 Å². The Morgan fingerprint density at radius 3 is 2.65 bits per heavy atom. The van der Waals surface area contributed by atoms with E-state index in [1.807, 2.05) is 13.0 Å². The van der Waals surface area contributed by atoms with Gasteiger partial charge in [-0.1, -0.05) is 19.9 Å². The summed E-state index contributed by atoms with van der Waals surface area (Å²) >= 11 is 0. The Balaban J connectivity index is 1.54. The Bertz CT molecular complexity index is 1030. The molecule has 0 bridgehead atoms. The molecular formula is C27H35FN2O4. The average molecular weight is 471 g/mol. The highest BCUT2D eigenvalue weighted by molar-refractivity contribution is 5.94. The van der Waals surface area contributed by atoms with Gasteiger partial charge in [-0.25, -0.2) is 4.39 Å². The minimum absolute atomic E-state index is 0.0678. The molecule has 34 heavy (non-hydrogen) atoms. The third-order valence-electron chi connectivity index (χ3n) is 8.08. The van der Waals surface area contributed by atoms with Crippen LogP contribution in [0.15, 0.2) is 47.1 Å². The molecule has 2 aliphatic carbocycles. The summed E-state index contributed by atoms with van der Waals surface area (Å²) in [6, 6.07) is 9.13. The van der Waals surface area contributed by atoms with Crippen molar-refractivity contribution in [3.63, 3.8) is 0 Å². The summed E-state index contributed by atoms with van der Waals surface area (Å²) in [4.78, 5) is 25.8. The molecule has 0 aliphatic heterocycles. The van der Waals surface area contributed by atoms with Gasteiger partial charge < -0.3 is 20.2 Å². The van der Waals surface area contributed by atoms with Gasteiger partial charge in [-0.05, 0) is 86.1 Å². The topological polar surface area (TPSA) is 91.6 Å². The zero-order chi connectivity index (χ0) is 24.6. The summed E-state index contributed by atoms with van der Waals surface area (Å²) in [5.41, 5.74) is -0.935. The average Bonchev–Trinajstić information content (AvgIpc) is 3.36. The van der Waals surface area contributed by atoms with Crippen LogP contribution in [0.5, 0.6) is 0 Å². The van der Waals surface area contributed by atoms with Crippen molar-refractivity contribution in [2.75, 3.05) is 0 Å². The van der Waals surface area contributed by atoms with Crippen LogP contribution in [-0.4, -0.2) is 28.6 Å². The molecular weight excluding hydrogens is 435 g/mol. The summed E-state index contributed by atoms with van der Waals surface area (Å²) < 4.78 is 19.0. The molecule has 2 saturated carbocycles. The van der Waals surface area contributed by atoms with Gasteiger partial charge in [0, 0.05) is 18.0 Å². The molecule has 4 atom stereocenters. The maximum Gasteiger partial charge on any atom is 0.251 e. The fourth-order valence-corrected chi connectivity index (χ4v) is 6.34. The molecule has 4 rings (SSSR count). The molecule has 1 aromatic heterocycles. The summed E-state index contributed by atoms with van der Waals surface area (Å²) in [5.74, 6) is 0.00963. The standard InChI is InChI=1S/C27H35FN2O4/c1-25(2)16-22(30-24(32)18-6-4-7-19(28)14-18)27(12-11-26(3,33)15-21(25)27)10-9-23(31)29-17-20-8-5-13-34-20/h4-8,13-14,21-22,33H,9-12,15-17H2,1-3H3,(H,29,31)(H,30,32)/t21-,22-,26-,27-/m0/s1. The van der Waals surface area contributed by atoms with Gasteiger partial charge >= 0.3 is 0 Å². The maximum atomic E-state index is 13.7. The number of carbonyl (C=O) groups is 2. The molecule has 0 unspecified atom stereocenters. The second kappa shape index (κ2) is 9.17. The number of halogens is 1. The fraction of sp³-hybridized carbons (Fsp3) is 0.556. The van der Waals surface area contributed by atoms with Crippen LogP contribution in [0.2, 0.25) is 0 Å². The van der Waals surface area contributed by atoms with Gasteiger partial charge in [-0.2, -0.15) is 0 Å². The molecule has 184 valence electrons. The Morgan fingerprint density at radius 1 is 1.15 bits per heavy atom. The number of furan rings is 1. The van der Waals surface area contributed by atoms with Gasteiger partial charge in [-0.3, -0.25) is 9.59 Å². The first-order valence-electron chi connectivity index (χ1n) is 12.1. The minimum atomic E-state index is -0.769. The first-order valence-corrected chi connectivity index (χ1v) is 12.1. The largest absolute Gasteiger partial charge is 0.467 e. The van der Waals surface area contributed by atoms with E-state index in [4.69, 9.17) is 4.42 Å². The molecule has 6 nitrogen and oxygen atoms in total. The summed E-state index contributed by atoms with van der Waals surface area (Å²) in [6.45, 7) is 6.57. The lowest BCUT2D eigenvalue weighted by molar-refractivity contribution is -0.123. The monoisotopic (exact) mass is 470 g/mol. The zero-order valence-electron chi connectivity index (χ0n) is 20.2. The van der Waals surface area contributed by atoms with Crippen molar-refractivity contribution in [1.29, 1.82) is 0 Å². The third-order valence-corrected chi connectivity index (χ3v) is 8.08. The van der Waals surface area contributed by atoms with Gasteiger partial charge in [-0.15, -0.1) is 0 Å². The predicted molar refractivity (Wildman–Crippen MR) is 126 cm³/mol. The molecule has 2 aliphatic rings. The third kappa shape index (κ3) is 5.04. The van der Waals surface area contributed by atoms with Crippen molar-refractivity contribution < 1.29 is 23.5 Å². The quantitative estimate of drug-likeness (QED) is 0.552. The normalized spacial score (nSPS) is 29.9. The highest BCUT2D eigenvalue weighted by Crippen LogP contribution is 2.63. The second-order valence-electron chi connectivity index (χ2n) is 11.1. The van der Waals surface area contributed by atoms with E-state index in [0.717, 1.165) is 6.42 Å². The van der Waals surface area contributed by atoms with Gasteiger partial charge in [0.2, 0.25) is 5.91 Å². The van der Waals surface area contributed by atoms with E-state index in [1.165, 1.54) is 18.2 Å². The lowest BCUT2D eigenvalue weighted by atomic mass is 9.57. The van der Waals surface area contributed by atoms with E-state index in [9.17, 15) is 19.1 Å². The minimum Gasteiger partial charge on any atom is -0.467 e. The SMILES string of the molecule is CC1(C)C[C@H](NC(=O)c2cccc(F)c2)[C@@]2(CCC(=O)NCc3ccco3)CC[C@](C)(O)C[C@@H]12. The molecule has 1 aromatic carbocycles. The molecule has 2 fully saturated rings. The molecule has 3 N–H and O–H groups in total. The number of nitrogens with one attached hydrogen (secondary N) is 2. The van der Waals surface area contributed by atoms with E-state index >= 15 is 0 Å². The number of aliphatic hydroxyl groups is 1. The summed E-state index contributed by atoms with van der Waals surface area (Å²) in [6.07, 6.45) is 5.19. The van der Waals surface area contributed by atoms with E-state index < -0.39 is 11.4 Å². The fourth-order valence-electron chi connectivity index (χ4n) is 6.34. The predicted octanol–water partition coefficient (Wildman–Crippen LogP) is 4.58. The second-order valence-corrected chi connectivity index (χ2v) is 11.1. The van der Waals surface area contributed by atoms with Gasteiger partial charge in [0.15, 0.2) is 0 Å². The molecule has 2 amide bonds. The Kier molecular flexibility index (Phi) is 6.60. The lowest BCUT2D eigenvalue weighted by Gasteiger charge is -2.50. The van der Waals surface area contributed by atoms with Gasteiger partial charge in [0.05, 0.1) is 18.4 Å². The number of benzene rings is 1. The Labute approximate surface area is 200 Å². The molecule has 0 spiro atoms. The number of hydrogen-bond donors (Lipinski definition) is 3. The van der Waals surface area contributed by atoms with Gasteiger partial charge in [0.1, 0.15) is 11.6 Å². The highest BCUT2D eigenvalue weighted by atomic mass is 19.1. The van der Waals surface area contributed by atoms with Crippen LogP contribution < -0.4 is 10.6 Å². The summed E-state index contributed by atoms with van der Waals surface area (Å²) in [7, 11) is 0. The first-order chi connectivity index (χ1) is 16.0. The maximum absolute atomic E-state index is 13.7. The molecule has 1 heterocycles. The zero-order valence-corrected chi connectivity index (χ0v) is 20.2. The van der Waals surface area contributed by atoms with Crippen LogP contribution in [-0.2, 0) is 11.3 Å². The van der Waals surface area contributed by atoms with Crippen molar-refractivity contribution in [3.8, 4) is 0 Å². The van der Waals surface area contributed by atoms with E-state index in [1.54, 1.807) is 18.4 Å². The number of rotatable bonds is 7. The summed E-state index contributed by atoms with van der Waals surface area (Å²) in [5, 5.41) is 17.0. The number of hydrogen-bond acceptors (Lipinski definition) is 4. The molecule has 2 aromatic rings. The molecule has 0 radical (unpaired) electrons. The van der Waals surface area contributed by atoms with Crippen molar-refractivity contribution in [3.05, 3.63) is 59.8 Å². The van der Waals surface area contributed by atoms with E-state index in [-0.39, 0.29) is 40.2 Å². The first kappa shape index (κ1) is 24.5. The van der Waals surface area contributed by atoms with Crippen molar-refractivity contribution in [1.82, 2.24) is 10.6 Å². The highest BCUT2D eigenvalue weighted by Gasteiger charge is 2.61. The van der Waals surface area contributed by atoms with Crippen molar-refractivity contribution in [2.24, 2.45) is 16.7 Å². The van der Waals surface area contributed by atoms with E-state index in [2.05, 4.69) is 24.5 Å². The van der Waals surface area contributed by atoms with Crippen LogP contribution in [0.25, 0.3) is 0 Å². The van der Waals surface area contributed by atoms with Gasteiger partial charge in [0.25, 0.3) is 5.91 Å². The Morgan fingerprint density at radius 2 is 1.94 bits per heavy atom. The van der Waals surface area contributed by atoms with Crippen molar-refractivity contribution >= 4 is 11.8 Å². The lowest BCUT2D eigenvalue weighted by Crippen LogP contribution is -2.52. The van der Waals surface area contributed by atoms with E-state index in [0.29, 0.717) is 44.4 Å². The van der Waals surface area contributed by atoms with Crippen LogP contribution >= 0.6 is 0 Å². The number of fused-ring (bicyclic) bond motifs is 1. The van der Waals surface area contributed by atoms with Crippen LogP contribution in [0, 0.1) is 22.6 Å². The number of carbonyl (C=O) groups excluding carboxylic acids is 2. The van der Waals surface area contributed by atoms with Crippen LogP contribution in [0.4, 0.5) is 4.39 Å². The molecule has 7 heteroatoms. The Hall–Kier alpha value is -2.67. The van der Waals surface area contributed by atoms with Crippen LogP contribution in [0.3, 0.4) is 0 Å². The van der Waals surface area contributed by atoms with Crippen LogP contribution in [0.1, 0.15) is 75.4 Å². The molecule has 0 saturated heterocycles.